The first kappa shape index (κ1) is 57.9. The van der Waals surface area contributed by atoms with Crippen molar-refractivity contribution < 1.29 is 38.4 Å². The van der Waals surface area contributed by atoms with Crippen LogP contribution in [0.2, 0.25) is 0 Å². The average Bonchev–Trinajstić information content (AvgIpc) is 4.09. The minimum Gasteiger partial charge on any atom is -0.486 e. The number of aromatic nitrogens is 8. The molecular formula is C64H75FN12O7. The minimum absolute atomic E-state index is 0.106. The average molecular weight is 1140 g/mol. The Morgan fingerprint density at radius 2 is 1.64 bits per heavy atom. The Labute approximate surface area is 488 Å². The molecule has 8 aromatic rings. The van der Waals surface area contributed by atoms with E-state index in [4.69, 9.17) is 29.3 Å². The number of fused-ring (bicyclic) bond motifs is 4. The molecule has 5 fully saturated rings. The van der Waals surface area contributed by atoms with E-state index in [0.717, 1.165) is 113 Å². The maximum Gasteiger partial charge on any atom is 0.319 e. The summed E-state index contributed by atoms with van der Waals surface area (Å²) in [6, 6.07) is 22.0. The molecule has 8 heterocycles. The Kier molecular flexibility index (Phi) is 17.6. The summed E-state index contributed by atoms with van der Waals surface area (Å²) in [4.78, 5) is 47.2. The lowest BCUT2D eigenvalue weighted by Gasteiger charge is -2.31. The number of hydrogen-bond donors (Lipinski definition) is 5. The molecule has 5 unspecified atom stereocenters. The molecule has 4 aromatic carbocycles. The van der Waals surface area contributed by atoms with Crippen LogP contribution in [-0.4, -0.2) is 138 Å². The van der Waals surface area contributed by atoms with Crippen molar-refractivity contribution in [3.63, 3.8) is 0 Å². The molecule has 19 nitrogen and oxygen atoms in total. The van der Waals surface area contributed by atoms with E-state index in [1.165, 1.54) is 6.07 Å². The van der Waals surface area contributed by atoms with Gasteiger partial charge < -0.3 is 44.9 Å². The molecule has 5 atom stereocenters. The SMILES string of the molecule is CC.CO.Cc1c(F)cc2[nH]ncc2c1-c1c(C2CC2)cc2c(N3CC4CC3CN4)nc(OC3CCOCC3)nc2c1OCc1ccc(-c2cn(C(C(=O)N3CCCC3C(=O)NC(CO)c3ccc(-c4ccncc4)cc3)C(C)C)nn2)cc1. The number of carbonyl (C=O) groups excluding carboxylic acids is 2. The van der Waals surface area contributed by atoms with Crippen LogP contribution in [-0.2, 0) is 20.9 Å². The zero-order valence-electron chi connectivity index (χ0n) is 48.6. The lowest BCUT2D eigenvalue weighted by Crippen LogP contribution is -2.50. The van der Waals surface area contributed by atoms with Gasteiger partial charge in [0.2, 0.25) is 11.8 Å². The van der Waals surface area contributed by atoms with Gasteiger partial charge in [-0.05, 0) is 109 Å². The summed E-state index contributed by atoms with van der Waals surface area (Å²) in [5.41, 5.74) is 9.30. The van der Waals surface area contributed by atoms with E-state index < -0.39 is 18.1 Å². The highest BCUT2D eigenvalue weighted by molar-refractivity contribution is 6.06. The lowest BCUT2D eigenvalue weighted by molar-refractivity contribution is -0.142. The minimum atomic E-state index is -0.726. The lowest BCUT2D eigenvalue weighted by atomic mass is 9.88. The number of nitrogens with zero attached hydrogens (tertiary/aromatic N) is 9. The number of nitrogens with one attached hydrogen (secondary N) is 3. The molecular weight excluding hydrogens is 1070 g/mol. The van der Waals surface area contributed by atoms with E-state index in [0.29, 0.717) is 66.7 Å². The predicted molar refractivity (Wildman–Crippen MR) is 319 cm³/mol. The fourth-order valence-electron chi connectivity index (χ4n) is 12.5. The smallest absolute Gasteiger partial charge is 0.319 e. The number of rotatable bonds is 17. The maximum atomic E-state index is 16.1. The van der Waals surface area contributed by atoms with Crippen LogP contribution < -0.4 is 25.0 Å². The second-order valence-corrected chi connectivity index (χ2v) is 22.5. The first-order valence-electron chi connectivity index (χ1n) is 29.6. The van der Waals surface area contributed by atoms with Crippen LogP contribution in [0, 0.1) is 18.7 Å². The van der Waals surface area contributed by atoms with Crippen LogP contribution >= 0.6 is 0 Å². The van der Waals surface area contributed by atoms with Crippen molar-refractivity contribution in [3.05, 3.63) is 126 Å². The number of carbonyl (C=O) groups is 2. The second kappa shape index (κ2) is 25.5. The summed E-state index contributed by atoms with van der Waals surface area (Å²) in [5.74, 6) is 0.545. The number of benzene rings is 4. The van der Waals surface area contributed by atoms with Gasteiger partial charge in [-0.2, -0.15) is 15.1 Å². The van der Waals surface area contributed by atoms with Crippen molar-refractivity contribution in [1.82, 2.24) is 55.7 Å². The van der Waals surface area contributed by atoms with Gasteiger partial charge in [-0.3, -0.25) is 19.7 Å². The number of piperazine rings is 1. The van der Waals surface area contributed by atoms with E-state index in [1.807, 2.05) is 95.3 Å². The first-order valence-corrected chi connectivity index (χ1v) is 29.6. The van der Waals surface area contributed by atoms with Crippen LogP contribution in [0.1, 0.15) is 113 Å². The molecule has 1 aliphatic carbocycles. The van der Waals surface area contributed by atoms with Crippen molar-refractivity contribution in [3.8, 4) is 45.3 Å². The molecule has 2 amide bonds. The number of halogens is 1. The molecule has 20 heteroatoms. The van der Waals surface area contributed by atoms with Gasteiger partial charge in [0.05, 0.1) is 43.8 Å². The molecule has 440 valence electrons. The van der Waals surface area contributed by atoms with Crippen molar-refractivity contribution in [2.24, 2.45) is 5.92 Å². The summed E-state index contributed by atoms with van der Waals surface area (Å²) in [7, 11) is 1.00. The Morgan fingerprint density at radius 3 is 2.33 bits per heavy atom. The highest BCUT2D eigenvalue weighted by atomic mass is 19.1. The molecule has 5 N–H and O–H groups in total. The summed E-state index contributed by atoms with van der Waals surface area (Å²) < 4.78 is 37.2. The standard InChI is InChI=1S/C61H65FN12O6.C2H6.CH4O/c1-34(2)56(60(77)72-22-4-5-52(72)59(76)66-51(32-75)41-14-10-37(11-15-41)38-16-20-63-21-17-38)74-31-50(70-71-74)40-8-6-36(7-9-40)33-79-57-54(53-35(3)48(62)27-49-47(53)29-65-69-49)45(39-12-13-39)26-46-55(57)67-61(80-44-18-23-78-24-19-44)68-58(46)73-30-42-25-43(73)28-64-42;2*1-2/h6-11,14-17,20-21,26-27,29,31,34,39,42-44,51-52,56,64,75H,4-5,12-13,18-19,22-25,28,30,32-33H2,1-3H3,(H,65,69)(H,66,76);1-2H3;2H,1H3. The first-order chi connectivity index (χ1) is 41.1. The molecule has 84 heavy (non-hydrogen) atoms. The zero-order valence-corrected chi connectivity index (χ0v) is 48.6. The third kappa shape index (κ3) is 11.7. The fraction of sp³-hybridized carbons (Fsp3) is 0.438. The Hall–Kier alpha value is -7.91. The van der Waals surface area contributed by atoms with Gasteiger partial charge in [-0.25, -0.2) is 9.07 Å². The molecule has 4 saturated heterocycles. The largest absolute Gasteiger partial charge is 0.486 e. The van der Waals surface area contributed by atoms with E-state index in [2.05, 4.69) is 47.1 Å². The molecule has 5 aliphatic rings. The summed E-state index contributed by atoms with van der Waals surface area (Å²) in [6.45, 7) is 12.9. The van der Waals surface area contributed by atoms with Gasteiger partial charge >= 0.3 is 6.01 Å². The third-order valence-electron chi connectivity index (χ3n) is 16.9. The Balaban J connectivity index is 0.00000180. The molecule has 0 spiro atoms. The van der Waals surface area contributed by atoms with Crippen molar-refractivity contribution in [1.29, 1.82) is 0 Å². The van der Waals surface area contributed by atoms with E-state index in [-0.39, 0.29) is 60.8 Å². The van der Waals surface area contributed by atoms with E-state index in [9.17, 15) is 14.7 Å². The maximum absolute atomic E-state index is 16.1. The summed E-state index contributed by atoms with van der Waals surface area (Å²) in [6.07, 6.45) is 12.6. The van der Waals surface area contributed by atoms with Crippen molar-refractivity contribution in [2.45, 2.75) is 128 Å². The third-order valence-corrected chi connectivity index (χ3v) is 16.9. The van der Waals surface area contributed by atoms with E-state index >= 15 is 4.39 Å². The number of ether oxygens (including phenoxy) is 3. The fourth-order valence-corrected chi connectivity index (χ4v) is 12.5. The van der Waals surface area contributed by atoms with Crippen molar-refractivity contribution in [2.75, 3.05) is 51.5 Å². The molecule has 4 aliphatic heterocycles. The Morgan fingerprint density at radius 1 is 0.905 bits per heavy atom. The molecule has 0 radical (unpaired) electrons. The number of aromatic amines is 1. The number of H-pyrrole nitrogens is 1. The molecule has 2 bridgehead atoms. The van der Waals surface area contributed by atoms with Crippen LogP contribution in [0.25, 0.3) is 55.3 Å². The monoisotopic (exact) mass is 1140 g/mol. The zero-order chi connectivity index (χ0) is 58.6. The second-order valence-electron chi connectivity index (χ2n) is 22.5. The van der Waals surface area contributed by atoms with Gasteiger partial charge in [-0.1, -0.05) is 81.4 Å². The highest BCUT2D eigenvalue weighted by Gasteiger charge is 2.42. The number of pyridine rings is 1. The van der Waals surface area contributed by atoms with Gasteiger partial charge in [-0.15, -0.1) is 5.10 Å². The Bertz CT molecular complexity index is 3590. The quantitative estimate of drug-likeness (QED) is 0.0572. The van der Waals surface area contributed by atoms with Crippen LogP contribution in [0.5, 0.6) is 11.8 Å². The summed E-state index contributed by atoms with van der Waals surface area (Å²) in [5, 5.41) is 42.2. The highest BCUT2D eigenvalue weighted by Crippen LogP contribution is 2.53. The van der Waals surface area contributed by atoms with Gasteiger partial charge in [0.15, 0.2) is 5.75 Å². The molecule has 1 saturated carbocycles. The van der Waals surface area contributed by atoms with Crippen LogP contribution in [0.3, 0.4) is 0 Å². The topological polar surface area (TPSA) is 231 Å². The number of hydrogen-bond acceptors (Lipinski definition) is 15. The van der Waals surface area contributed by atoms with Crippen LogP contribution in [0.15, 0.2) is 97.6 Å². The van der Waals surface area contributed by atoms with Gasteiger partial charge in [0.25, 0.3) is 0 Å². The molecule has 13 rings (SSSR count). The predicted octanol–water partition coefficient (Wildman–Crippen LogP) is 9.18. The number of amides is 2. The number of aliphatic hydroxyl groups is 2. The van der Waals surface area contributed by atoms with Gasteiger partial charge in [0.1, 0.15) is 47.6 Å². The number of aliphatic hydroxyl groups excluding tert-OH is 2. The summed E-state index contributed by atoms with van der Waals surface area (Å²) >= 11 is 0. The van der Waals surface area contributed by atoms with Crippen molar-refractivity contribution >= 4 is 39.4 Å². The number of anilines is 1. The molecule has 4 aromatic heterocycles. The van der Waals surface area contributed by atoms with Gasteiger partial charge in [0, 0.05) is 91.5 Å². The normalized spacial score (nSPS) is 19.2. The van der Waals surface area contributed by atoms with E-state index in [1.54, 1.807) is 34.4 Å². The van der Waals surface area contributed by atoms with Crippen LogP contribution in [0.4, 0.5) is 10.2 Å². The number of likely N-dealkylation sites (tertiary alicyclic amines) is 1.